The molecule has 18 heavy (non-hydrogen) atoms. The Labute approximate surface area is 110 Å². The highest BCUT2D eigenvalue weighted by molar-refractivity contribution is 6.34. The van der Waals surface area contributed by atoms with Crippen molar-refractivity contribution in [2.45, 2.75) is 6.54 Å². The van der Waals surface area contributed by atoms with Crippen LogP contribution in [0.2, 0.25) is 5.02 Å². The Hall–Kier alpha value is -1.77. The third-order valence-corrected chi connectivity index (χ3v) is 3.24. The summed E-state index contributed by atoms with van der Waals surface area (Å²) in [6.45, 7) is 0.523. The number of para-hydroxylation sites is 1. The van der Waals surface area contributed by atoms with Crippen molar-refractivity contribution in [1.29, 1.82) is 0 Å². The van der Waals surface area contributed by atoms with Gasteiger partial charge in [0.05, 0.1) is 5.02 Å². The molecule has 0 saturated heterocycles. The van der Waals surface area contributed by atoms with Crippen LogP contribution in [-0.4, -0.2) is 0 Å². The van der Waals surface area contributed by atoms with Crippen molar-refractivity contribution < 1.29 is 4.42 Å². The van der Waals surface area contributed by atoms with Gasteiger partial charge in [0.1, 0.15) is 5.76 Å². The fourth-order valence-electron chi connectivity index (χ4n) is 2.02. The first-order chi connectivity index (χ1) is 8.78. The molecular formula is C15H12ClNO. The zero-order chi connectivity index (χ0) is 12.5. The Bertz CT molecular complexity index is 703. The summed E-state index contributed by atoms with van der Waals surface area (Å²) in [5.74, 6) is 0.813. The smallest absolute Gasteiger partial charge is 0.153 e. The maximum atomic E-state index is 6.10. The van der Waals surface area contributed by atoms with Gasteiger partial charge in [-0.1, -0.05) is 41.9 Å². The molecule has 3 aromatic rings. The Morgan fingerprint density at radius 3 is 2.67 bits per heavy atom. The maximum Gasteiger partial charge on any atom is 0.153 e. The van der Waals surface area contributed by atoms with E-state index in [-0.39, 0.29) is 0 Å². The van der Waals surface area contributed by atoms with Crippen LogP contribution in [0.25, 0.3) is 22.3 Å². The lowest BCUT2D eigenvalue weighted by atomic mass is 10.1. The topological polar surface area (TPSA) is 39.2 Å². The summed E-state index contributed by atoms with van der Waals surface area (Å²) in [6, 6.07) is 15.7. The zero-order valence-electron chi connectivity index (χ0n) is 9.69. The lowest BCUT2D eigenvalue weighted by Gasteiger charge is -2.00. The van der Waals surface area contributed by atoms with Crippen LogP contribution in [0.4, 0.5) is 0 Å². The van der Waals surface area contributed by atoms with Crippen LogP contribution in [0.15, 0.2) is 52.9 Å². The third kappa shape index (κ3) is 1.90. The maximum absolute atomic E-state index is 6.10. The number of benzene rings is 2. The Balaban J connectivity index is 2.16. The van der Waals surface area contributed by atoms with Gasteiger partial charge in [-0.05, 0) is 23.8 Å². The second kappa shape index (κ2) is 4.48. The summed E-state index contributed by atoms with van der Waals surface area (Å²) in [7, 11) is 0. The average Bonchev–Trinajstić information content (AvgIpc) is 2.84. The van der Waals surface area contributed by atoms with Gasteiger partial charge in [0, 0.05) is 17.5 Å². The SMILES string of the molecule is NCc1cccc(-c2cc3cccc(Cl)c3o2)c1. The molecule has 2 nitrogen and oxygen atoms in total. The second-order valence-electron chi connectivity index (χ2n) is 4.17. The summed E-state index contributed by atoms with van der Waals surface area (Å²) in [5, 5.41) is 1.64. The summed E-state index contributed by atoms with van der Waals surface area (Å²) >= 11 is 6.10. The molecule has 0 unspecified atom stereocenters. The second-order valence-corrected chi connectivity index (χ2v) is 4.58. The van der Waals surface area contributed by atoms with E-state index in [2.05, 4.69) is 0 Å². The van der Waals surface area contributed by atoms with Gasteiger partial charge in [0.15, 0.2) is 5.58 Å². The number of fused-ring (bicyclic) bond motifs is 1. The van der Waals surface area contributed by atoms with Crippen LogP contribution >= 0.6 is 11.6 Å². The minimum atomic E-state index is 0.523. The number of halogens is 1. The highest BCUT2D eigenvalue weighted by atomic mass is 35.5. The first-order valence-corrected chi connectivity index (χ1v) is 6.13. The van der Waals surface area contributed by atoms with E-state index in [1.807, 2.05) is 48.5 Å². The Kier molecular flexibility index (Phi) is 2.82. The molecule has 0 fully saturated rings. The van der Waals surface area contributed by atoms with Crippen molar-refractivity contribution in [3.63, 3.8) is 0 Å². The molecule has 0 spiro atoms. The first kappa shape index (κ1) is 11.3. The Morgan fingerprint density at radius 2 is 1.89 bits per heavy atom. The van der Waals surface area contributed by atoms with Gasteiger partial charge in [-0.15, -0.1) is 0 Å². The molecule has 0 atom stereocenters. The summed E-state index contributed by atoms with van der Waals surface area (Å²) in [4.78, 5) is 0. The van der Waals surface area contributed by atoms with E-state index in [0.29, 0.717) is 11.6 Å². The number of nitrogens with two attached hydrogens (primary N) is 1. The predicted molar refractivity (Wildman–Crippen MR) is 74.6 cm³/mol. The molecule has 2 aromatic carbocycles. The molecule has 0 amide bonds. The minimum absolute atomic E-state index is 0.523. The molecule has 1 heterocycles. The summed E-state index contributed by atoms with van der Waals surface area (Å²) in [5.41, 5.74) is 8.47. The van der Waals surface area contributed by atoms with Gasteiger partial charge < -0.3 is 10.2 Å². The Morgan fingerprint density at radius 1 is 1.06 bits per heavy atom. The van der Waals surface area contributed by atoms with Gasteiger partial charge >= 0.3 is 0 Å². The van der Waals surface area contributed by atoms with Crippen molar-refractivity contribution in [3.8, 4) is 11.3 Å². The number of rotatable bonds is 2. The molecule has 0 aliphatic rings. The zero-order valence-corrected chi connectivity index (χ0v) is 10.4. The molecule has 0 radical (unpaired) electrons. The van der Waals surface area contributed by atoms with Crippen molar-refractivity contribution in [2.24, 2.45) is 5.73 Å². The third-order valence-electron chi connectivity index (χ3n) is 2.94. The van der Waals surface area contributed by atoms with Crippen molar-refractivity contribution >= 4 is 22.6 Å². The normalized spacial score (nSPS) is 11.0. The summed E-state index contributed by atoms with van der Waals surface area (Å²) < 4.78 is 5.81. The average molecular weight is 258 g/mol. The molecule has 0 aliphatic heterocycles. The molecule has 1 aromatic heterocycles. The van der Waals surface area contributed by atoms with E-state index in [9.17, 15) is 0 Å². The lowest BCUT2D eigenvalue weighted by molar-refractivity contribution is 0.631. The lowest BCUT2D eigenvalue weighted by Crippen LogP contribution is -1.95. The number of hydrogen-bond acceptors (Lipinski definition) is 2. The molecule has 0 aliphatic carbocycles. The molecule has 90 valence electrons. The van der Waals surface area contributed by atoms with E-state index >= 15 is 0 Å². The molecule has 0 bridgehead atoms. The van der Waals surface area contributed by atoms with Gasteiger partial charge in [0.2, 0.25) is 0 Å². The van der Waals surface area contributed by atoms with Gasteiger partial charge in [-0.25, -0.2) is 0 Å². The molecule has 0 saturated carbocycles. The van der Waals surface area contributed by atoms with E-state index in [0.717, 1.165) is 27.9 Å². The van der Waals surface area contributed by atoms with Crippen molar-refractivity contribution in [3.05, 3.63) is 59.1 Å². The molecular weight excluding hydrogens is 246 g/mol. The first-order valence-electron chi connectivity index (χ1n) is 5.75. The fourth-order valence-corrected chi connectivity index (χ4v) is 2.24. The fraction of sp³-hybridized carbons (Fsp3) is 0.0667. The van der Waals surface area contributed by atoms with E-state index in [1.54, 1.807) is 0 Å². The van der Waals surface area contributed by atoms with Crippen LogP contribution < -0.4 is 5.73 Å². The highest BCUT2D eigenvalue weighted by Crippen LogP contribution is 2.32. The summed E-state index contributed by atoms with van der Waals surface area (Å²) in [6.07, 6.45) is 0. The monoisotopic (exact) mass is 257 g/mol. The van der Waals surface area contributed by atoms with E-state index in [1.165, 1.54) is 0 Å². The largest absolute Gasteiger partial charge is 0.455 e. The molecule has 3 heteroatoms. The quantitative estimate of drug-likeness (QED) is 0.747. The molecule has 2 N–H and O–H groups in total. The van der Waals surface area contributed by atoms with Crippen LogP contribution in [0.1, 0.15) is 5.56 Å². The van der Waals surface area contributed by atoms with E-state index in [4.69, 9.17) is 21.8 Å². The van der Waals surface area contributed by atoms with Crippen molar-refractivity contribution in [1.82, 2.24) is 0 Å². The highest BCUT2D eigenvalue weighted by Gasteiger charge is 2.08. The predicted octanol–water partition coefficient (Wildman–Crippen LogP) is 4.21. The van der Waals surface area contributed by atoms with Crippen LogP contribution in [-0.2, 0) is 6.54 Å². The van der Waals surface area contributed by atoms with Crippen molar-refractivity contribution in [2.75, 3.05) is 0 Å². The molecule has 3 rings (SSSR count). The standard InChI is InChI=1S/C15H12ClNO/c16-13-6-2-5-12-8-14(18-15(12)13)11-4-1-3-10(7-11)9-17/h1-8H,9,17H2. The van der Waals surface area contributed by atoms with Gasteiger partial charge in [0.25, 0.3) is 0 Å². The van der Waals surface area contributed by atoms with Gasteiger partial charge in [-0.2, -0.15) is 0 Å². The number of hydrogen-bond donors (Lipinski definition) is 1. The van der Waals surface area contributed by atoms with E-state index < -0.39 is 0 Å². The number of furan rings is 1. The van der Waals surface area contributed by atoms with Crippen LogP contribution in [0.3, 0.4) is 0 Å². The van der Waals surface area contributed by atoms with Crippen LogP contribution in [0, 0.1) is 0 Å². The van der Waals surface area contributed by atoms with Gasteiger partial charge in [-0.3, -0.25) is 0 Å². The van der Waals surface area contributed by atoms with Crippen LogP contribution in [0.5, 0.6) is 0 Å². The minimum Gasteiger partial charge on any atom is -0.455 e.